The molecule has 7 heteroatoms. The van der Waals surface area contributed by atoms with Crippen molar-refractivity contribution >= 4 is 11.9 Å². The fraction of sp³-hybridized carbons (Fsp3) is 0.579. The van der Waals surface area contributed by atoms with Crippen LogP contribution in [0.5, 0.6) is 0 Å². The van der Waals surface area contributed by atoms with Gasteiger partial charge in [0.2, 0.25) is 5.91 Å². The van der Waals surface area contributed by atoms with Crippen LogP contribution in [0.4, 0.5) is 13.2 Å². The summed E-state index contributed by atoms with van der Waals surface area (Å²) in [6.07, 6.45) is -1.89. The van der Waals surface area contributed by atoms with Crippen LogP contribution in [0.25, 0.3) is 0 Å². The Labute approximate surface area is 151 Å². The van der Waals surface area contributed by atoms with Crippen LogP contribution in [0, 0.1) is 5.92 Å². The molecule has 0 spiro atoms. The maximum atomic E-state index is 12.8. The summed E-state index contributed by atoms with van der Waals surface area (Å²) in [5.74, 6) is -1.07. The van der Waals surface area contributed by atoms with Crippen molar-refractivity contribution in [2.75, 3.05) is 13.1 Å². The number of nitrogens with zero attached hydrogens (tertiary/aromatic N) is 1. The predicted octanol–water partition coefficient (Wildman–Crippen LogP) is 4.30. The number of piperidine rings is 1. The molecule has 4 nitrogen and oxygen atoms in total. The van der Waals surface area contributed by atoms with E-state index in [-0.39, 0.29) is 30.6 Å². The second-order valence-corrected chi connectivity index (χ2v) is 7.01. The molecular formula is C19H24F3NO3. The number of hydrogen-bond donors (Lipinski definition) is 1. The molecule has 0 aliphatic carbocycles. The maximum Gasteiger partial charge on any atom is 0.416 e. The minimum absolute atomic E-state index is 0.0880. The Morgan fingerprint density at radius 1 is 1.35 bits per heavy atom. The third kappa shape index (κ3) is 5.75. The van der Waals surface area contributed by atoms with Gasteiger partial charge in [-0.2, -0.15) is 13.2 Å². The monoisotopic (exact) mass is 371 g/mol. The minimum atomic E-state index is -4.40. The SMILES string of the molecule is C[C@H](CC(=O)N1CCC[C@H](CCC(=O)O)C1)c1cccc(C(F)(F)F)c1. The van der Waals surface area contributed by atoms with E-state index < -0.39 is 17.7 Å². The largest absolute Gasteiger partial charge is 0.481 e. The first kappa shape index (κ1) is 20.3. The predicted molar refractivity (Wildman–Crippen MR) is 90.6 cm³/mol. The lowest BCUT2D eigenvalue weighted by molar-refractivity contribution is -0.138. The molecule has 1 fully saturated rings. The van der Waals surface area contributed by atoms with Gasteiger partial charge in [-0.15, -0.1) is 0 Å². The molecule has 1 aromatic carbocycles. The molecule has 0 radical (unpaired) electrons. The van der Waals surface area contributed by atoms with E-state index in [0.29, 0.717) is 25.1 Å². The van der Waals surface area contributed by atoms with Gasteiger partial charge < -0.3 is 10.0 Å². The van der Waals surface area contributed by atoms with Crippen molar-refractivity contribution < 1.29 is 27.9 Å². The molecular weight excluding hydrogens is 347 g/mol. The number of amides is 1. The van der Waals surface area contributed by atoms with Crippen molar-refractivity contribution in [1.29, 1.82) is 0 Å². The highest BCUT2D eigenvalue weighted by molar-refractivity contribution is 5.77. The number of carboxylic acids is 1. The molecule has 1 heterocycles. The third-order valence-corrected chi connectivity index (χ3v) is 4.90. The first-order chi connectivity index (χ1) is 12.2. The standard InChI is InChI=1S/C19H24F3NO3/c1-13(15-5-2-6-16(11-15)19(20,21)22)10-17(24)23-9-3-4-14(12-23)7-8-18(25)26/h2,5-6,11,13-14H,3-4,7-10,12H2,1H3,(H,25,26)/t13-,14-/m1/s1. The summed E-state index contributed by atoms with van der Waals surface area (Å²) >= 11 is 0. The van der Waals surface area contributed by atoms with Crippen LogP contribution in [0.1, 0.15) is 56.1 Å². The quantitative estimate of drug-likeness (QED) is 0.811. The highest BCUT2D eigenvalue weighted by atomic mass is 19.4. The summed E-state index contributed by atoms with van der Waals surface area (Å²) in [6.45, 7) is 2.90. The van der Waals surface area contributed by atoms with E-state index in [4.69, 9.17) is 5.11 Å². The number of hydrogen-bond acceptors (Lipinski definition) is 2. The number of carboxylic acid groups (broad SMARTS) is 1. The van der Waals surface area contributed by atoms with Gasteiger partial charge in [0.05, 0.1) is 5.56 Å². The Bertz CT molecular complexity index is 645. The average Bonchev–Trinajstić information content (AvgIpc) is 2.59. The Balaban J connectivity index is 1.95. The summed E-state index contributed by atoms with van der Waals surface area (Å²) in [6, 6.07) is 5.10. The van der Waals surface area contributed by atoms with Crippen LogP contribution in [0.15, 0.2) is 24.3 Å². The van der Waals surface area contributed by atoms with Gasteiger partial charge in [-0.25, -0.2) is 0 Å². The molecule has 1 aliphatic rings. The molecule has 1 N–H and O–H groups in total. The van der Waals surface area contributed by atoms with Crippen molar-refractivity contribution in [3.8, 4) is 0 Å². The van der Waals surface area contributed by atoms with E-state index >= 15 is 0 Å². The lowest BCUT2D eigenvalue weighted by Crippen LogP contribution is -2.40. The maximum absolute atomic E-state index is 12.8. The van der Waals surface area contributed by atoms with Crippen molar-refractivity contribution in [3.05, 3.63) is 35.4 Å². The molecule has 26 heavy (non-hydrogen) atoms. The highest BCUT2D eigenvalue weighted by Gasteiger charge is 2.31. The van der Waals surface area contributed by atoms with E-state index in [1.165, 1.54) is 6.07 Å². The molecule has 2 atom stereocenters. The molecule has 0 unspecified atom stereocenters. The third-order valence-electron chi connectivity index (χ3n) is 4.90. The lowest BCUT2D eigenvalue weighted by Gasteiger charge is -2.33. The van der Waals surface area contributed by atoms with Crippen LogP contribution in [0.3, 0.4) is 0 Å². The number of likely N-dealkylation sites (tertiary alicyclic amines) is 1. The van der Waals surface area contributed by atoms with Crippen LogP contribution in [-0.2, 0) is 15.8 Å². The molecule has 1 aromatic rings. The van der Waals surface area contributed by atoms with Gasteiger partial charge >= 0.3 is 12.1 Å². The second kappa shape index (κ2) is 8.56. The molecule has 1 aliphatic heterocycles. The molecule has 144 valence electrons. The van der Waals surface area contributed by atoms with E-state index in [9.17, 15) is 22.8 Å². The highest BCUT2D eigenvalue weighted by Crippen LogP contribution is 2.32. The Kier molecular flexibility index (Phi) is 6.67. The van der Waals surface area contributed by atoms with Gasteiger partial charge in [0, 0.05) is 25.9 Å². The van der Waals surface area contributed by atoms with Crippen molar-refractivity contribution in [2.24, 2.45) is 5.92 Å². The van der Waals surface area contributed by atoms with Crippen LogP contribution >= 0.6 is 0 Å². The molecule has 0 bridgehead atoms. The van der Waals surface area contributed by atoms with E-state index in [2.05, 4.69) is 0 Å². The zero-order chi connectivity index (χ0) is 19.3. The number of halogens is 3. The minimum Gasteiger partial charge on any atom is -0.481 e. The van der Waals surface area contributed by atoms with Crippen molar-refractivity contribution in [3.63, 3.8) is 0 Å². The number of carbonyl (C=O) groups excluding carboxylic acids is 1. The second-order valence-electron chi connectivity index (χ2n) is 7.01. The summed E-state index contributed by atoms with van der Waals surface area (Å²) < 4.78 is 38.5. The molecule has 0 aromatic heterocycles. The molecule has 1 amide bonds. The molecule has 0 saturated carbocycles. The number of carbonyl (C=O) groups is 2. The average molecular weight is 371 g/mol. The first-order valence-electron chi connectivity index (χ1n) is 8.83. The normalized spacial score (nSPS) is 19.2. The fourth-order valence-electron chi connectivity index (χ4n) is 3.39. The van der Waals surface area contributed by atoms with Crippen molar-refractivity contribution in [1.82, 2.24) is 4.90 Å². The molecule has 1 saturated heterocycles. The number of alkyl halides is 3. The van der Waals surface area contributed by atoms with Crippen LogP contribution in [-0.4, -0.2) is 35.0 Å². The zero-order valence-corrected chi connectivity index (χ0v) is 14.8. The number of aliphatic carboxylic acids is 1. The van der Waals surface area contributed by atoms with Gasteiger partial charge in [-0.1, -0.05) is 25.1 Å². The Morgan fingerprint density at radius 3 is 2.73 bits per heavy atom. The first-order valence-corrected chi connectivity index (χ1v) is 8.83. The summed E-state index contributed by atoms with van der Waals surface area (Å²) in [5, 5.41) is 8.78. The summed E-state index contributed by atoms with van der Waals surface area (Å²) in [5.41, 5.74) is -0.214. The molecule has 2 rings (SSSR count). The lowest BCUT2D eigenvalue weighted by atomic mass is 9.91. The number of benzene rings is 1. The van der Waals surface area contributed by atoms with E-state index in [1.807, 2.05) is 0 Å². The van der Waals surface area contributed by atoms with Gasteiger partial charge in [0.25, 0.3) is 0 Å². The van der Waals surface area contributed by atoms with Gasteiger partial charge in [-0.05, 0) is 42.7 Å². The van der Waals surface area contributed by atoms with Gasteiger partial charge in [-0.3, -0.25) is 9.59 Å². The van der Waals surface area contributed by atoms with E-state index in [0.717, 1.165) is 25.0 Å². The Morgan fingerprint density at radius 2 is 2.08 bits per heavy atom. The van der Waals surface area contributed by atoms with Crippen LogP contribution in [0.2, 0.25) is 0 Å². The Hall–Kier alpha value is -2.05. The fourth-order valence-corrected chi connectivity index (χ4v) is 3.39. The van der Waals surface area contributed by atoms with E-state index in [1.54, 1.807) is 17.9 Å². The smallest absolute Gasteiger partial charge is 0.416 e. The zero-order valence-electron chi connectivity index (χ0n) is 14.8. The van der Waals surface area contributed by atoms with Gasteiger partial charge in [0.15, 0.2) is 0 Å². The van der Waals surface area contributed by atoms with Crippen molar-refractivity contribution in [2.45, 2.75) is 51.1 Å². The summed E-state index contributed by atoms with van der Waals surface area (Å²) in [7, 11) is 0. The topological polar surface area (TPSA) is 57.6 Å². The van der Waals surface area contributed by atoms with Gasteiger partial charge in [0.1, 0.15) is 0 Å². The summed E-state index contributed by atoms with van der Waals surface area (Å²) in [4.78, 5) is 25.0. The van der Waals surface area contributed by atoms with Crippen LogP contribution < -0.4 is 0 Å². The number of rotatable bonds is 6.